The smallest absolute Gasteiger partial charge is 0.0848 e. The first-order valence-corrected chi connectivity index (χ1v) is 7.76. The van der Waals surface area contributed by atoms with E-state index in [4.69, 9.17) is 11.6 Å². The summed E-state index contributed by atoms with van der Waals surface area (Å²) in [6, 6.07) is 0. The van der Waals surface area contributed by atoms with Crippen molar-refractivity contribution in [2.24, 2.45) is 0 Å². The van der Waals surface area contributed by atoms with Gasteiger partial charge in [-0.25, -0.2) is 0 Å². The van der Waals surface area contributed by atoms with E-state index in [1.54, 1.807) is 0 Å². The second kappa shape index (κ2) is 7.29. The minimum Gasteiger partial charge on any atom is -0.393 e. The van der Waals surface area contributed by atoms with Gasteiger partial charge < -0.3 is 5.11 Å². The molecule has 0 radical (unpaired) electrons. The van der Waals surface area contributed by atoms with Crippen LogP contribution >= 0.6 is 23.4 Å². The van der Waals surface area contributed by atoms with Gasteiger partial charge in [0, 0.05) is 13.0 Å². The molecule has 1 aromatic rings. The zero-order valence-electron chi connectivity index (χ0n) is 10.7. The second-order valence-corrected chi connectivity index (χ2v) is 5.52. The van der Waals surface area contributed by atoms with E-state index in [1.165, 1.54) is 0 Å². The Labute approximate surface area is 113 Å². The predicted molar refractivity (Wildman–Crippen MR) is 75.0 cm³/mol. The molecule has 1 heterocycles. The minimum atomic E-state index is -0.318. The summed E-state index contributed by atoms with van der Waals surface area (Å²) >= 11 is 8.01. The van der Waals surface area contributed by atoms with Gasteiger partial charge in [-0.15, -0.1) is 0 Å². The van der Waals surface area contributed by atoms with Gasteiger partial charge in [-0.1, -0.05) is 11.6 Å². The number of hydrogen-bond donors (Lipinski definition) is 1. The molecule has 17 heavy (non-hydrogen) atoms. The molecule has 0 aliphatic rings. The average Bonchev–Trinajstić information content (AvgIpc) is 2.57. The summed E-state index contributed by atoms with van der Waals surface area (Å²) in [6.45, 7) is 4.73. The van der Waals surface area contributed by atoms with E-state index < -0.39 is 0 Å². The fourth-order valence-electron chi connectivity index (χ4n) is 1.85. The van der Waals surface area contributed by atoms with Crippen LogP contribution in [-0.4, -0.2) is 33.0 Å². The summed E-state index contributed by atoms with van der Waals surface area (Å²) in [7, 11) is 0. The highest BCUT2D eigenvalue weighted by Gasteiger charge is 2.16. The number of aliphatic hydroxyl groups excluding tert-OH is 1. The highest BCUT2D eigenvalue weighted by molar-refractivity contribution is 7.98. The van der Waals surface area contributed by atoms with E-state index in [0.717, 1.165) is 36.5 Å². The van der Waals surface area contributed by atoms with Crippen LogP contribution in [0.4, 0.5) is 0 Å². The Kier molecular flexibility index (Phi) is 6.38. The van der Waals surface area contributed by atoms with Crippen molar-refractivity contribution in [1.29, 1.82) is 0 Å². The zero-order chi connectivity index (χ0) is 12.8. The number of rotatable bonds is 7. The lowest BCUT2D eigenvalue weighted by atomic mass is 10.1. The first kappa shape index (κ1) is 14.9. The molecular weight excluding hydrogens is 256 g/mol. The van der Waals surface area contributed by atoms with Gasteiger partial charge in [0.15, 0.2) is 0 Å². The summed E-state index contributed by atoms with van der Waals surface area (Å²) in [5, 5.41) is 15.0. The third kappa shape index (κ3) is 4.19. The lowest BCUT2D eigenvalue weighted by Gasteiger charge is -2.11. The lowest BCUT2D eigenvalue weighted by Crippen LogP contribution is -2.14. The van der Waals surface area contributed by atoms with Crippen LogP contribution in [0.25, 0.3) is 0 Å². The Balaban J connectivity index is 2.60. The highest BCUT2D eigenvalue weighted by Crippen LogP contribution is 2.22. The molecule has 1 atom stereocenters. The van der Waals surface area contributed by atoms with Crippen LogP contribution in [0.5, 0.6) is 0 Å². The van der Waals surface area contributed by atoms with E-state index in [9.17, 15) is 5.11 Å². The molecule has 1 N–H and O–H groups in total. The van der Waals surface area contributed by atoms with Crippen LogP contribution in [0.1, 0.15) is 31.2 Å². The van der Waals surface area contributed by atoms with Gasteiger partial charge >= 0.3 is 0 Å². The Hall–Kier alpha value is -0.190. The molecule has 1 rings (SSSR count). The van der Waals surface area contributed by atoms with Crippen LogP contribution in [0.2, 0.25) is 5.02 Å². The first-order valence-electron chi connectivity index (χ1n) is 5.98. The SMILES string of the molecule is CCn1nc(C)c(Cl)c1CC(O)CCCSC. The maximum absolute atomic E-state index is 9.97. The fraction of sp³-hybridized carbons (Fsp3) is 0.750. The van der Waals surface area contributed by atoms with Crippen LogP contribution in [0.15, 0.2) is 0 Å². The molecule has 3 nitrogen and oxygen atoms in total. The topological polar surface area (TPSA) is 38.0 Å². The van der Waals surface area contributed by atoms with Crippen LogP contribution < -0.4 is 0 Å². The van der Waals surface area contributed by atoms with Crippen LogP contribution in [-0.2, 0) is 13.0 Å². The van der Waals surface area contributed by atoms with Gasteiger partial charge in [0.25, 0.3) is 0 Å². The number of aliphatic hydroxyl groups is 1. The number of nitrogens with zero attached hydrogens (tertiary/aromatic N) is 2. The normalized spacial score (nSPS) is 13.0. The molecule has 0 aromatic carbocycles. The molecule has 5 heteroatoms. The summed E-state index contributed by atoms with van der Waals surface area (Å²) in [4.78, 5) is 0. The van der Waals surface area contributed by atoms with Gasteiger partial charge in [0.1, 0.15) is 0 Å². The number of aromatic nitrogens is 2. The zero-order valence-corrected chi connectivity index (χ0v) is 12.3. The predicted octanol–water partition coefficient (Wildman–Crippen LogP) is 2.91. The minimum absolute atomic E-state index is 0.318. The Morgan fingerprint density at radius 3 is 2.82 bits per heavy atom. The molecule has 0 saturated carbocycles. The third-order valence-corrected chi connectivity index (χ3v) is 3.96. The van der Waals surface area contributed by atoms with Crippen molar-refractivity contribution >= 4 is 23.4 Å². The molecule has 0 aliphatic carbocycles. The van der Waals surface area contributed by atoms with Crippen LogP contribution in [0, 0.1) is 6.92 Å². The lowest BCUT2D eigenvalue weighted by molar-refractivity contribution is 0.161. The Morgan fingerprint density at radius 2 is 2.24 bits per heavy atom. The molecule has 0 spiro atoms. The van der Waals surface area contributed by atoms with Crippen molar-refractivity contribution in [2.45, 2.75) is 45.8 Å². The largest absolute Gasteiger partial charge is 0.393 e. The van der Waals surface area contributed by atoms with Crippen molar-refractivity contribution in [1.82, 2.24) is 9.78 Å². The average molecular weight is 277 g/mol. The van der Waals surface area contributed by atoms with Crippen molar-refractivity contribution in [2.75, 3.05) is 12.0 Å². The molecule has 0 amide bonds. The number of hydrogen-bond acceptors (Lipinski definition) is 3. The fourth-order valence-corrected chi connectivity index (χ4v) is 2.52. The molecule has 0 saturated heterocycles. The van der Waals surface area contributed by atoms with Gasteiger partial charge in [0.2, 0.25) is 0 Å². The van der Waals surface area contributed by atoms with E-state index in [0.29, 0.717) is 11.4 Å². The second-order valence-electron chi connectivity index (χ2n) is 4.15. The standard InChI is InChI=1S/C12H21ClN2OS/c1-4-15-11(12(13)9(2)14-15)8-10(16)6-5-7-17-3/h10,16H,4-8H2,1-3H3. The number of halogens is 1. The van der Waals surface area contributed by atoms with E-state index in [2.05, 4.69) is 11.4 Å². The monoisotopic (exact) mass is 276 g/mol. The quantitative estimate of drug-likeness (QED) is 0.778. The Morgan fingerprint density at radius 1 is 1.53 bits per heavy atom. The highest BCUT2D eigenvalue weighted by atomic mass is 35.5. The van der Waals surface area contributed by atoms with E-state index >= 15 is 0 Å². The summed E-state index contributed by atoms with van der Waals surface area (Å²) in [6.07, 6.45) is 4.23. The molecule has 1 aromatic heterocycles. The first-order chi connectivity index (χ1) is 8.10. The molecule has 98 valence electrons. The summed E-state index contributed by atoms with van der Waals surface area (Å²) < 4.78 is 1.88. The molecule has 0 bridgehead atoms. The van der Waals surface area contributed by atoms with Crippen molar-refractivity contribution in [3.05, 3.63) is 16.4 Å². The maximum Gasteiger partial charge on any atom is 0.0848 e. The van der Waals surface area contributed by atoms with Gasteiger partial charge in [-0.05, 0) is 38.7 Å². The van der Waals surface area contributed by atoms with Crippen molar-refractivity contribution in [3.63, 3.8) is 0 Å². The third-order valence-electron chi connectivity index (χ3n) is 2.77. The van der Waals surface area contributed by atoms with Gasteiger partial charge in [-0.2, -0.15) is 16.9 Å². The van der Waals surface area contributed by atoms with Crippen molar-refractivity contribution < 1.29 is 5.11 Å². The summed E-state index contributed by atoms with van der Waals surface area (Å²) in [5.74, 6) is 1.09. The maximum atomic E-state index is 9.97. The number of thioether (sulfide) groups is 1. The van der Waals surface area contributed by atoms with E-state index in [-0.39, 0.29) is 6.10 Å². The Bertz CT molecular complexity index is 355. The van der Waals surface area contributed by atoms with E-state index in [1.807, 2.05) is 30.3 Å². The van der Waals surface area contributed by atoms with Crippen molar-refractivity contribution in [3.8, 4) is 0 Å². The summed E-state index contributed by atoms with van der Waals surface area (Å²) in [5.41, 5.74) is 1.81. The molecule has 1 unspecified atom stereocenters. The van der Waals surface area contributed by atoms with Crippen LogP contribution in [0.3, 0.4) is 0 Å². The molecular formula is C12H21ClN2OS. The van der Waals surface area contributed by atoms with Gasteiger partial charge in [0.05, 0.1) is 22.5 Å². The van der Waals surface area contributed by atoms with Gasteiger partial charge in [-0.3, -0.25) is 4.68 Å². The molecule has 0 aliphatic heterocycles. The molecule has 0 fully saturated rings. The number of aryl methyl sites for hydroxylation is 2.